The summed E-state index contributed by atoms with van der Waals surface area (Å²) in [6.07, 6.45) is 3.48. The quantitative estimate of drug-likeness (QED) is 0.734. The minimum absolute atomic E-state index is 0.594. The third-order valence-corrected chi connectivity index (χ3v) is 3.11. The van der Waals surface area contributed by atoms with Crippen LogP contribution in [-0.2, 0) is 0 Å². The van der Waals surface area contributed by atoms with Crippen molar-refractivity contribution in [3.63, 3.8) is 0 Å². The highest BCUT2D eigenvalue weighted by Gasteiger charge is 2.08. The van der Waals surface area contributed by atoms with Crippen LogP contribution in [-0.4, -0.2) is 21.2 Å². The molecule has 0 bridgehead atoms. The van der Waals surface area contributed by atoms with E-state index < -0.39 is 0 Å². The molecule has 19 heavy (non-hydrogen) atoms. The van der Waals surface area contributed by atoms with Crippen molar-refractivity contribution in [1.82, 2.24) is 14.6 Å². The first kappa shape index (κ1) is 12.0. The van der Waals surface area contributed by atoms with Crippen molar-refractivity contribution >= 4 is 17.2 Å². The van der Waals surface area contributed by atoms with Gasteiger partial charge in [0.05, 0.1) is 23.5 Å². The SMILES string of the molecule is CCOc1ccc(-c2ccnc3ccnn23)cc1Cl. The van der Waals surface area contributed by atoms with Gasteiger partial charge in [-0.05, 0) is 31.2 Å². The highest BCUT2D eigenvalue weighted by Crippen LogP contribution is 2.30. The number of fused-ring (bicyclic) bond motifs is 1. The highest BCUT2D eigenvalue weighted by atomic mass is 35.5. The summed E-state index contributed by atoms with van der Waals surface area (Å²) in [4.78, 5) is 4.24. The van der Waals surface area contributed by atoms with Crippen molar-refractivity contribution < 1.29 is 4.74 Å². The van der Waals surface area contributed by atoms with Crippen molar-refractivity contribution in [2.45, 2.75) is 6.92 Å². The molecule has 3 rings (SSSR count). The number of nitrogens with zero attached hydrogens (tertiary/aromatic N) is 3. The first-order valence-corrected chi connectivity index (χ1v) is 6.39. The molecule has 96 valence electrons. The number of halogens is 1. The van der Waals surface area contributed by atoms with Crippen LogP contribution < -0.4 is 4.74 Å². The minimum atomic E-state index is 0.594. The maximum atomic E-state index is 6.21. The highest BCUT2D eigenvalue weighted by molar-refractivity contribution is 6.32. The average Bonchev–Trinajstić information content (AvgIpc) is 2.89. The number of hydrogen-bond acceptors (Lipinski definition) is 3. The van der Waals surface area contributed by atoms with Gasteiger partial charge in [-0.25, -0.2) is 9.50 Å². The molecular formula is C14H12ClN3O. The summed E-state index contributed by atoms with van der Waals surface area (Å²) in [6.45, 7) is 2.53. The van der Waals surface area contributed by atoms with Crippen LogP contribution in [0.4, 0.5) is 0 Å². The molecule has 0 amide bonds. The van der Waals surface area contributed by atoms with Crippen LogP contribution in [0.1, 0.15) is 6.92 Å². The number of hydrogen-bond donors (Lipinski definition) is 0. The Morgan fingerprint density at radius 2 is 2.11 bits per heavy atom. The lowest BCUT2D eigenvalue weighted by Gasteiger charge is -2.09. The van der Waals surface area contributed by atoms with E-state index in [4.69, 9.17) is 16.3 Å². The van der Waals surface area contributed by atoms with Gasteiger partial charge < -0.3 is 4.74 Å². The number of rotatable bonds is 3. The Hall–Kier alpha value is -2.07. The lowest BCUT2D eigenvalue weighted by atomic mass is 10.1. The lowest BCUT2D eigenvalue weighted by Crippen LogP contribution is -1.96. The Bertz CT molecular complexity index is 724. The number of benzene rings is 1. The van der Waals surface area contributed by atoms with Gasteiger partial charge >= 0.3 is 0 Å². The number of ether oxygens (including phenoxy) is 1. The van der Waals surface area contributed by atoms with Crippen LogP contribution in [0.3, 0.4) is 0 Å². The van der Waals surface area contributed by atoms with Crippen molar-refractivity contribution in [3.8, 4) is 17.0 Å². The van der Waals surface area contributed by atoms with Crippen molar-refractivity contribution in [3.05, 3.63) is 47.7 Å². The van der Waals surface area contributed by atoms with E-state index in [0.717, 1.165) is 16.9 Å². The topological polar surface area (TPSA) is 39.4 Å². The molecule has 1 aromatic carbocycles. The van der Waals surface area contributed by atoms with E-state index in [1.54, 1.807) is 16.9 Å². The summed E-state index contributed by atoms with van der Waals surface area (Å²) in [7, 11) is 0. The Morgan fingerprint density at radius 1 is 1.21 bits per heavy atom. The van der Waals surface area contributed by atoms with Crippen LogP contribution in [0.25, 0.3) is 16.9 Å². The van der Waals surface area contributed by atoms with Crippen molar-refractivity contribution in [2.24, 2.45) is 0 Å². The molecule has 0 aliphatic heterocycles. The molecule has 0 aliphatic rings. The van der Waals surface area contributed by atoms with Gasteiger partial charge in [-0.1, -0.05) is 11.6 Å². The summed E-state index contributed by atoms with van der Waals surface area (Å²) >= 11 is 6.21. The van der Waals surface area contributed by atoms with E-state index in [9.17, 15) is 0 Å². The predicted molar refractivity (Wildman–Crippen MR) is 74.6 cm³/mol. The maximum Gasteiger partial charge on any atom is 0.155 e. The molecule has 2 aromatic heterocycles. The Morgan fingerprint density at radius 3 is 2.89 bits per heavy atom. The monoisotopic (exact) mass is 273 g/mol. The van der Waals surface area contributed by atoms with E-state index in [2.05, 4.69) is 10.1 Å². The standard InChI is InChI=1S/C14H12ClN3O/c1-2-19-13-4-3-10(9-11(13)15)12-5-7-16-14-6-8-17-18(12)14/h3-9H,2H2,1H3. The molecule has 3 aromatic rings. The van der Waals surface area contributed by atoms with Crippen molar-refractivity contribution in [2.75, 3.05) is 6.61 Å². The molecular weight excluding hydrogens is 262 g/mol. The molecule has 0 fully saturated rings. The van der Waals surface area contributed by atoms with Crippen LogP contribution in [0, 0.1) is 0 Å². The zero-order chi connectivity index (χ0) is 13.2. The third-order valence-electron chi connectivity index (χ3n) is 2.82. The van der Waals surface area contributed by atoms with Gasteiger partial charge in [-0.15, -0.1) is 0 Å². The zero-order valence-corrected chi connectivity index (χ0v) is 11.1. The molecule has 0 unspecified atom stereocenters. The fraction of sp³-hybridized carbons (Fsp3) is 0.143. The summed E-state index contributed by atoms with van der Waals surface area (Å²) in [5, 5.41) is 4.86. The van der Waals surface area contributed by atoms with Gasteiger partial charge in [-0.3, -0.25) is 0 Å². The molecule has 4 nitrogen and oxygen atoms in total. The largest absolute Gasteiger partial charge is 0.492 e. The van der Waals surface area contributed by atoms with Gasteiger partial charge in [-0.2, -0.15) is 5.10 Å². The lowest BCUT2D eigenvalue weighted by molar-refractivity contribution is 0.340. The predicted octanol–water partition coefficient (Wildman–Crippen LogP) is 3.45. The van der Waals surface area contributed by atoms with Gasteiger partial charge in [0.25, 0.3) is 0 Å². The maximum absolute atomic E-state index is 6.21. The van der Waals surface area contributed by atoms with Crippen molar-refractivity contribution in [1.29, 1.82) is 0 Å². The molecule has 5 heteroatoms. The second-order valence-corrected chi connectivity index (χ2v) is 4.42. The number of aromatic nitrogens is 3. The summed E-state index contributed by atoms with van der Waals surface area (Å²) < 4.78 is 7.22. The second-order valence-electron chi connectivity index (χ2n) is 4.01. The normalized spacial score (nSPS) is 10.8. The van der Waals surface area contributed by atoms with E-state index in [-0.39, 0.29) is 0 Å². The third kappa shape index (κ3) is 2.15. The van der Waals surface area contributed by atoms with Crippen LogP contribution in [0.2, 0.25) is 5.02 Å². The van der Waals surface area contributed by atoms with Gasteiger partial charge in [0.2, 0.25) is 0 Å². The molecule has 0 radical (unpaired) electrons. The first-order chi connectivity index (χ1) is 9.29. The molecule has 0 saturated carbocycles. The first-order valence-electron chi connectivity index (χ1n) is 6.01. The van der Waals surface area contributed by atoms with Gasteiger partial charge in [0, 0.05) is 17.8 Å². The smallest absolute Gasteiger partial charge is 0.155 e. The fourth-order valence-electron chi connectivity index (χ4n) is 1.99. The summed E-state index contributed by atoms with van der Waals surface area (Å²) in [5.74, 6) is 0.693. The molecule has 0 aliphatic carbocycles. The molecule has 0 atom stereocenters. The summed E-state index contributed by atoms with van der Waals surface area (Å²) in [5.41, 5.74) is 2.73. The van der Waals surface area contributed by atoms with E-state index in [1.807, 2.05) is 37.3 Å². The Balaban J connectivity index is 2.11. The van der Waals surface area contributed by atoms with Gasteiger partial charge in [0.15, 0.2) is 5.65 Å². The van der Waals surface area contributed by atoms with Crippen LogP contribution >= 0.6 is 11.6 Å². The minimum Gasteiger partial charge on any atom is -0.492 e. The molecule has 2 heterocycles. The summed E-state index contributed by atoms with van der Waals surface area (Å²) in [6, 6.07) is 9.49. The molecule has 0 N–H and O–H groups in total. The van der Waals surface area contributed by atoms with E-state index >= 15 is 0 Å². The molecule has 0 spiro atoms. The second kappa shape index (κ2) is 4.90. The Labute approximate surface area is 115 Å². The van der Waals surface area contributed by atoms with E-state index in [0.29, 0.717) is 17.4 Å². The average molecular weight is 274 g/mol. The van der Waals surface area contributed by atoms with Crippen LogP contribution in [0.5, 0.6) is 5.75 Å². The fourth-order valence-corrected chi connectivity index (χ4v) is 2.22. The van der Waals surface area contributed by atoms with Crippen LogP contribution in [0.15, 0.2) is 42.7 Å². The zero-order valence-electron chi connectivity index (χ0n) is 10.4. The molecule has 0 saturated heterocycles. The van der Waals surface area contributed by atoms with E-state index in [1.165, 1.54) is 0 Å². The Kier molecular flexibility index (Phi) is 3.09. The van der Waals surface area contributed by atoms with Gasteiger partial charge in [0.1, 0.15) is 5.75 Å².